The summed E-state index contributed by atoms with van der Waals surface area (Å²) < 4.78 is 18.7. The number of rotatable bonds is 3. The molecule has 21 heavy (non-hydrogen) atoms. The average Bonchev–Trinajstić information content (AvgIpc) is 2.86. The number of benzene rings is 1. The minimum atomic E-state index is -1.16. The summed E-state index contributed by atoms with van der Waals surface area (Å²) >= 11 is 5.61. The van der Waals surface area contributed by atoms with Gasteiger partial charge < -0.3 is 14.8 Å². The summed E-state index contributed by atoms with van der Waals surface area (Å²) in [6.45, 7) is 0. The van der Waals surface area contributed by atoms with Gasteiger partial charge in [-0.25, -0.2) is 14.2 Å². The van der Waals surface area contributed by atoms with Gasteiger partial charge in [0, 0.05) is 11.1 Å². The number of nitrogens with one attached hydrogen (secondary N) is 1. The third-order valence-corrected chi connectivity index (χ3v) is 2.89. The van der Waals surface area contributed by atoms with E-state index in [1.807, 2.05) is 0 Å². The first-order valence-electron chi connectivity index (χ1n) is 5.75. The van der Waals surface area contributed by atoms with E-state index in [1.54, 1.807) is 18.2 Å². The number of aromatic carboxylic acids is 1. The predicted octanol–water partition coefficient (Wildman–Crippen LogP) is 3.46. The van der Waals surface area contributed by atoms with Gasteiger partial charge in [-0.1, -0.05) is 0 Å². The number of fused-ring (bicyclic) bond motifs is 1. The molecule has 0 fully saturated rings. The van der Waals surface area contributed by atoms with Crippen molar-refractivity contribution in [3.05, 3.63) is 47.3 Å². The Labute approximate surface area is 122 Å². The summed E-state index contributed by atoms with van der Waals surface area (Å²) in [5.41, 5.74) is 0.924. The van der Waals surface area contributed by atoms with Gasteiger partial charge in [-0.15, -0.1) is 0 Å². The second kappa shape index (κ2) is 5.02. The van der Waals surface area contributed by atoms with Crippen LogP contribution in [0.1, 0.15) is 10.6 Å². The molecule has 0 amide bonds. The van der Waals surface area contributed by atoms with Crippen LogP contribution in [0.2, 0.25) is 5.28 Å². The SMILES string of the molecule is O=C(O)c1cc2cc(Nc3nc(Cl)ncc3F)ccc2o1. The Bertz CT molecular complexity index is 850. The first-order valence-corrected chi connectivity index (χ1v) is 6.12. The molecule has 106 valence electrons. The lowest BCUT2D eigenvalue weighted by molar-refractivity contribution is 0.0665. The molecular formula is C13H7ClFN3O3. The number of nitrogens with zero attached hydrogens (tertiary/aromatic N) is 2. The molecule has 2 aromatic heterocycles. The number of carbonyl (C=O) groups is 1. The van der Waals surface area contributed by atoms with E-state index in [4.69, 9.17) is 21.1 Å². The molecule has 0 aliphatic carbocycles. The molecule has 3 aromatic rings. The lowest BCUT2D eigenvalue weighted by atomic mass is 10.2. The van der Waals surface area contributed by atoms with Crippen molar-refractivity contribution in [2.45, 2.75) is 0 Å². The highest BCUT2D eigenvalue weighted by Gasteiger charge is 2.11. The van der Waals surface area contributed by atoms with Crippen molar-refractivity contribution in [1.29, 1.82) is 0 Å². The topological polar surface area (TPSA) is 88.2 Å². The van der Waals surface area contributed by atoms with Gasteiger partial charge in [0.1, 0.15) is 5.58 Å². The molecule has 2 heterocycles. The summed E-state index contributed by atoms with van der Waals surface area (Å²) in [4.78, 5) is 18.1. The average molecular weight is 308 g/mol. The van der Waals surface area contributed by atoms with Crippen molar-refractivity contribution in [3.8, 4) is 0 Å². The zero-order chi connectivity index (χ0) is 15.0. The van der Waals surface area contributed by atoms with E-state index >= 15 is 0 Å². The zero-order valence-electron chi connectivity index (χ0n) is 10.3. The van der Waals surface area contributed by atoms with Crippen molar-refractivity contribution in [2.75, 3.05) is 5.32 Å². The van der Waals surface area contributed by atoms with Gasteiger partial charge in [-0.2, -0.15) is 4.98 Å². The van der Waals surface area contributed by atoms with Gasteiger partial charge in [0.2, 0.25) is 11.0 Å². The third-order valence-electron chi connectivity index (χ3n) is 2.70. The fraction of sp³-hybridized carbons (Fsp3) is 0. The zero-order valence-corrected chi connectivity index (χ0v) is 11.1. The Morgan fingerprint density at radius 3 is 2.95 bits per heavy atom. The number of anilines is 2. The van der Waals surface area contributed by atoms with Crippen LogP contribution in [-0.2, 0) is 0 Å². The Balaban J connectivity index is 1.97. The van der Waals surface area contributed by atoms with E-state index in [1.165, 1.54) is 6.07 Å². The van der Waals surface area contributed by atoms with Crippen molar-refractivity contribution in [3.63, 3.8) is 0 Å². The molecule has 6 nitrogen and oxygen atoms in total. The maximum Gasteiger partial charge on any atom is 0.371 e. The van der Waals surface area contributed by atoms with Crippen LogP contribution in [0.4, 0.5) is 15.9 Å². The van der Waals surface area contributed by atoms with Gasteiger partial charge in [0.15, 0.2) is 11.6 Å². The van der Waals surface area contributed by atoms with Gasteiger partial charge in [-0.3, -0.25) is 0 Å². The van der Waals surface area contributed by atoms with E-state index < -0.39 is 11.8 Å². The molecular weight excluding hydrogens is 301 g/mol. The van der Waals surface area contributed by atoms with Crippen LogP contribution in [0.3, 0.4) is 0 Å². The molecule has 8 heteroatoms. The summed E-state index contributed by atoms with van der Waals surface area (Å²) in [5.74, 6) is -2.05. The summed E-state index contributed by atoms with van der Waals surface area (Å²) in [5, 5.41) is 12.1. The van der Waals surface area contributed by atoms with E-state index in [-0.39, 0.29) is 16.9 Å². The standard InChI is InChI=1S/C13H7ClFN3O3/c14-13-16-5-8(15)11(18-13)17-7-1-2-9-6(3-7)4-10(21-9)12(19)20/h1-5H,(H,19,20)(H,16,17,18). The Kier molecular flexibility index (Phi) is 3.19. The molecule has 0 saturated carbocycles. The molecule has 2 N–H and O–H groups in total. The fourth-order valence-corrected chi connectivity index (χ4v) is 1.93. The summed E-state index contributed by atoms with van der Waals surface area (Å²) in [6, 6.07) is 6.17. The van der Waals surface area contributed by atoms with Crippen molar-refractivity contribution >= 4 is 40.0 Å². The lowest BCUT2D eigenvalue weighted by Gasteiger charge is -2.06. The quantitative estimate of drug-likeness (QED) is 0.720. The van der Waals surface area contributed by atoms with E-state index in [0.29, 0.717) is 16.7 Å². The number of carboxylic acid groups (broad SMARTS) is 1. The highest BCUT2D eigenvalue weighted by molar-refractivity contribution is 6.28. The largest absolute Gasteiger partial charge is 0.475 e. The molecule has 3 rings (SSSR count). The van der Waals surface area contributed by atoms with Crippen LogP contribution in [0.15, 0.2) is 34.9 Å². The molecule has 0 saturated heterocycles. The number of hydrogen-bond donors (Lipinski definition) is 2. The number of halogens is 2. The van der Waals surface area contributed by atoms with Gasteiger partial charge in [0.05, 0.1) is 6.20 Å². The molecule has 1 aromatic carbocycles. The minimum absolute atomic E-state index is 0.0729. The lowest BCUT2D eigenvalue weighted by Crippen LogP contribution is -1.98. The van der Waals surface area contributed by atoms with Crippen LogP contribution < -0.4 is 5.32 Å². The number of aromatic nitrogens is 2. The Morgan fingerprint density at radius 1 is 1.38 bits per heavy atom. The summed E-state index contributed by atoms with van der Waals surface area (Å²) in [6.07, 6.45) is 0.955. The first-order chi connectivity index (χ1) is 10.0. The maximum absolute atomic E-state index is 13.5. The van der Waals surface area contributed by atoms with Crippen LogP contribution in [-0.4, -0.2) is 21.0 Å². The summed E-state index contributed by atoms with van der Waals surface area (Å²) in [7, 11) is 0. The second-order valence-electron chi connectivity index (χ2n) is 4.13. The van der Waals surface area contributed by atoms with E-state index in [2.05, 4.69) is 15.3 Å². The van der Waals surface area contributed by atoms with Crippen LogP contribution >= 0.6 is 11.6 Å². The predicted molar refractivity (Wildman–Crippen MR) is 73.5 cm³/mol. The number of carboxylic acids is 1. The maximum atomic E-state index is 13.5. The molecule has 0 unspecified atom stereocenters. The highest BCUT2D eigenvalue weighted by atomic mass is 35.5. The monoisotopic (exact) mass is 307 g/mol. The fourth-order valence-electron chi connectivity index (χ4n) is 1.80. The number of hydrogen-bond acceptors (Lipinski definition) is 5. The smallest absolute Gasteiger partial charge is 0.371 e. The third kappa shape index (κ3) is 2.63. The van der Waals surface area contributed by atoms with E-state index in [9.17, 15) is 9.18 Å². The Morgan fingerprint density at radius 2 is 2.19 bits per heavy atom. The molecule has 0 bridgehead atoms. The molecule has 0 aliphatic heterocycles. The highest BCUT2D eigenvalue weighted by Crippen LogP contribution is 2.25. The normalized spacial score (nSPS) is 10.8. The van der Waals surface area contributed by atoms with Gasteiger partial charge >= 0.3 is 5.97 Å². The molecule has 0 atom stereocenters. The van der Waals surface area contributed by atoms with Crippen molar-refractivity contribution in [2.24, 2.45) is 0 Å². The molecule has 0 radical (unpaired) electrons. The van der Waals surface area contributed by atoms with Gasteiger partial charge in [0.25, 0.3) is 0 Å². The molecule has 0 spiro atoms. The Hall–Kier alpha value is -2.67. The van der Waals surface area contributed by atoms with Crippen molar-refractivity contribution in [1.82, 2.24) is 9.97 Å². The van der Waals surface area contributed by atoms with E-state index in [0.717, 1.165) is 6.20 Å². The van der Waals surface area contributed by atoms with Crippen molar-refractivity contribution < 1.29 is 18.7 Å². The van der Waals surface area contributed by atoms with Crippen LogP contribution in [0.25, 0.3) is 11.0 Å². The second-order valence-corrected chi connectivity index (χ2v) is 4.47. The first kappa shape index (κ1) is 13.3. The minimum Gasteiger partial charge on any atom is -0.475 e. The van der Waals surface area contributed by atoms with Gasteiger partial charge in [-0.05, 0) is 35.9 Å². The number of furan rings is 1. The van der Waals surface area contributed by atoms with Crippen LogP contribution in [0, 0.1) is 5.82 Å². The van der Waals surface area contributed by atoms with Crippen LogP contribution in [0.5, 0.6) is 0 Å². The molecule has 0 aliphatic rings.